The van der Waals surface area contributed by atoms with E-state index in [-0.39, 0.29) is 38.8 Å². The van der Waals surface area contributed by atoms with Crippen LogP contribution in [0.1, 0.15) is 23.1 Å². The van der Waals surface area contributed by atoms with Crippen LogP contribution in [0.5, 0.6) is 0 Å². The molecule has 6 heteroatoms. The van der Waals surface area contributed by atoms with Gasteiger partial charge in [0.25, 0.3) is 0 Å². The smallest absolute Gasteiger partial charge is 0.139 e. The Labute approximate surface area is 112 Å². The van der Waals surface area contributed by atoms with Crippen LogP contribution in [0.2, 0.25) is 0 Å². The number of carbonyl (C=O) groups is 1. The van der Waals surface area contributed by atoms with Gasteiger partial charge in [0.15, 0.2) is 0 Å². The number of hydrogen-bond acceptors (Lipinski definition) is 3. The molecule has 1 aromatic rings. The Morgan fingerprint density at radius 1 is 1.43 bits per heavy atom. The maximum Gasteiger partial charge on any atom is 0.139 e. The second-order valence-electron chi connectivity index (χ2n) is 2.28. The first kappa shape index (κ1) is 16.6. The standard InChI is InChI=1S/C8H9BrN2O.2BrH/c1-2-7-8(6(9)5-12)11-4-3-10-7;;/h3-6H,2H2,1H3;2*1H. The molecule has 0 fully saturated rings. The van der Waals surface area contributed by atoms with E-state index in [0.29, 0.717) is 0 Å². The zero-order valence-electron chi connectivity index (χ0n) is 7.51. The van der Waals surface area contributed by atoms with Gasteiger partial charge in [-0.2, -0.15) is 0 Å². The van der Waals surface area contributed by atoms with Gasteiger partial charge < -0.3 is 4.79 Å². The third-order valence-electron chi connectivity index (χ3n) is 1.52. The quantitative estimate of drug-likeness (QED) is 0.588. The van der Waals surface area contributed by atoms with Crippen LogP contribution in [0.3, 0.4) is 0 Å². The van der Waals surface area contributed by atoms with Gasteiger partial charge in [0.2, 0.25) is 0 Å². The number of aromatic nitrogens is 2. The lowest BCUT2D eigenvalue weighted by atomic mass is 10.2. The molecule has 80 valence electrons. The molecule has 0 amide bonds. The van der Waals surface area contributed by atoms with Crippen molar-refractivity contribution in [3.63, 3.8) is 0 Å². The zero-order chi connectivity index (χ0) is 8.97. The summed E-state index contributed by atoms with van der Waals surface area (Å²) in [6, 6.07) is 0. The molecule has 0 bridgehead atoms. The van der Waals surface area contributed by atoms with Crippen LogP contribution in [-0.4, -0.2) is 16.3 Å². The molecule has 0 aliphatic rings. The monoisotopic (exact) mass is 388 g/mol. The number of aldehydes is 1. The second-order valence-corrected chi connectivity index (χ2v) is 3.27. The molecule has 0 aliphatic carbocycles. The number of nitrogens with zero attached hydrogens (tertiary/aromatic N) is 2. The second kappa shape index (κ2) is 8.49. The van der Waals surface area contributed by atoms with Crippen molar-refractivity contribution in [3.8, 4) is 0 Å². The van der Waals surface area contributed by atoms with Crippen LogP contribution in [0, 0.1) is 0 Å². The highest BCUT2D eigenvalue weighted by molar-refractivity contribution is 9.09. The highest BCUT2D eigenvalue weighted by Crippen LogP contribution is 2.20. The fourth-order valence-electron chi connectivity index (χ4n) is 0.945. The number of halogens is 3. The molecule has 0 saturated carbocycles. The molecule has 0 saturated heterocycles. The van der Waals surface area contributed by atoms with Crippen LogP contribution in [0.25, 0.3) is 0 Å². The molecule has 1 aromatic heterocycles. The minimum atomic E-state index is -0.332. The molecule has 1 unspecified atom stereocenters. The number of hydrogen-bond donors (Lipinski definition) is 0. The minimum Gasteiger partial charge on any atom is -0.302 e. The number of rotatable bonds is 3. The molecular formula is C8H11Br3N2O. The third kappa shape index (κ3) is 4.14. The normalized spacial score (nSPS) is 10.7. The van der Waals surface area contributed by atoms with Gasteiger partial charge in [-0.1, -0.05) is 22.9 Å². The molecule has 14 heavy (non-hydrogen) atoms. The molecule has 0 aliphatic heterocycles. The molecule has 1 heterocycles. The van der Waals surface area contributed by atoms with Crippen molar-refractivity contribution in [2.24, 2.45) is 0 Å². The van der Waals surface area contributed by atoms with Crippen LogP contribution in [-0.2, 0) is 11.2 Å². The summed E-state index contributed by atoms with van der Waals surface area (Å²) in [5.41, 5.74) is 1.58. The van der Waals surface area contributed by atoms with Crippen molar-refractivity contribution >= 4 is 56.2 Å². The number of alkyl halides is 1. The van der Waals surface area contributed by atoms with E-state index >= 15 is 0 Å². The fourth-order valence-corrected chi connectivity index (χ4v) is 1.33. The van der Waals surface area contributed by atoms with Gasteiger partial charge in [-0.05, 0) is 6.42 Å². The summed E-state index contributed by atoms with van der Waals surface area (Å²) in [6.45, 7) is 1.98. The molecule has 0 radical (unpaired) electrons. The van der Waals surface area contributed by atoms with Gasteiger partial charge >= 0.3 is 0 Å². The Balaban J connectivity index is 0. The maximum atomic E-state index is 10.5. The fraction of sp³-hybridized carbons (Fsp3) is 0.375. The van der Waals surface area contributed by atoms with Gasteiger partial charge in [0.05, 0.1) is 11.4 Å². The molecule has 3 nitrogen and oxygen atoms in total. The Bertz CT molecular complexity index is 283. The molecule has 0 spiro atoms. The van der Waals surface area contributed by atoms with Crippen LogP contribution in [0.15, 0.2) is 12.4 Å². The average Bonchev–Trinajstić information content (AvgIpc) is 2.16. The molecular weight excluding hydrogens is 380 g/mol. The van der Waals surface area contributed by atoms with Crippen LogP contribution in [0.4, 0.5) is 0 Å². The van der Waals surface area contributed by atoms with E-state index in [4.69, 9.17) is 0 Å². The van der Waals surface area contributed by atoms with E-state index < -0.39 is 0 Å². The number of aryl methyl sites for hydroxylation is 1. The summed E-state index contributed by atoms with van der Waals surface area (Å²) in [6.07, 6.45) is 4.82. The molecule has 1 rings (SSSR count). The lowest BCUT2D eigenvalue weighted by Gasteiger charge is -2.05. The van der Waals surface area contributed by atoms with E-state index in [1.807, 2.05) is 6.92 Å². The van der Waals surface area contributed by atoms with Crippen molar-refractivity contribution in [2.75, 3.05) is 0 Å². The van der Waals surface area contributed by atoms with Crippen molar-refractivity contribution in [2.45, 2.75) is 18.2 Å². The average molecular weight is 391 g/mol. The summed E-state index contributed by atoms with van der Waals surface area (Å²) in [5, 5.41) is 0. The maximum absolute atomic E-state index is 10.5. The molecule has 1 atom stereocenters. The highest BCUT2D eigenvalue weighted by Gasteiger charge is 2.11. The largest absolute Gasteiger partial charge is 0.302 e. The molecule has 0 N–H and O–H groups in total. The summed E-state index contributed by atoms with van der Waals surface area (Å²) in [4.78, 5) is 18.3. The van der Waals surface area contributed by atoms with E-state index in [1.165, 1.54) is 0 Å². The van der Waals surface area contributed by atoms with E-state index in [9.17, 15) is 4.79 Å². The zero-order valence-corrected chi connectivity index (χ0v) is 12.5. The van der Waals surface area contributed by atoms with Crippen molar-refractivity contribution in [1.29, 1.82) is 0 Å². The Hall–Kier alpha value is 0.190. The predicted molar refractivity (Wildman–Crippen MR) is 69.8 cm³/mol. The summed E-state index contributed by atoms with van der Waals surface area (Å²) in [5.74, 6) is 0. The van der Waals surface area contributed by atoms with Gasteiger partial charge in [-0.15, -0.1) is 34.0 Å². The Morgan fingerprint density at radius 2 is 2.00 bits per heavy atom. The Kier molecular flexibility index (Phi) is 10.1. The van der Waals surface area contributed by atoms with E-state index in [1.54, 1.807) is 12.4 Å². The van der Waals surface area contributed by atoms with Gasteiger partial charge in [0, 0.05) is 12.4 Å². The SMILES string of the molecule is Br.Br.CCc1nccnc1C(Br)C=O. The van der Waals surface area contributed by atoms with Crippen molar-refractivity contribution in [3.05, 3.63) is 23.8 Å². The minimum absolute atomic E-state index is 0. The first-order valence-electron chi connectivity index (χ1n) is 3.68. The summed E-state index contributed by atoms with van der Waals surface area (Å²) < 4.78 is 0. The van der Waals surface area contributed by atoms with Crippen molar-refractivity contribution < 1.29 is 4.79 Å². The van der Waals surface area contributed by atoms with Crippen LogP contribution < -0.4 is 0 Å². The van der Waals surface area contributed by atoms with Gasteiger partial charge in [-0.25, -0.2) is 0 Å². The Morgan fingerprint density at radius 3 is 2.50 bits per heavy atom. The molecule has 0 aromatic carbocycles. The van der Waals surface area contributed by atoms with E-state index in [0.717, 1.165) is 24.1 Å². The third-order valence-corrected chi connectivity index (χ3v) is 2.17. The lowest BCUT2D eigenvalue weighted by molar-refractivity contribution is -0.107. The summed E-state index contributed by atoms with van der Waals surface area (Å²) in [7, 11) is 0. The van der Waals surface area contributed by atoms with Gasteiger partial charge in [0.1, 0.15) is 11.1 Å². The predicted octanol–water partition coefficient (Wildman–Crippen LogP) is 2.83. The lowest BCUT2D eigenvalue weighted by Crippen LogP contribution is -2.02. The number of carbonyl (C=O) groups excluding carboxylic acids is 1. The first-order chi connectivity index (χ1) is 5.79. The van der Waals surface area contributed by atoms with Crippen LogP contribution >= 0.6 is 49.9 Å². The highest BCUT2D eigenvalue weighted by atomic mass is 79.9. The first-order valence-corrected chi connectivity index (χ1v) is 4.60. The summed E-state index contributed by atoms with van der Waals surface area (Å²) >= 11 is 3.21. The van der Waals surface area contributed by atoms with E-state index in [2.05, 4.69) is 25.9 Å². The van der Waals surface area contributed by atoms with Crippen molar-refractivity contribution in [1.82, 2.24) is 9.97 Å². The topological polar surface area (TPSA) is 42.9 Å². The van der Waals surface area contributed by atoms with Gasteiger partial charge in [-0.3, -0.25) is 9.97 Å².